The normalized spacial score (nSPS) is 22.3. The number of hydrogen-bond donors (Lipinski definition) is 3. The molecule has 0 spiro atoms. The van der Waals surface area contributed by atoms with Crippen molar-refractivity contribution in [3.8, 4) is 17.2 Å². The third-order valence-electron chi connectivity index (χ3n) is 8.73. The topological polar surface area (TPSA) is 160 Å². The largest absolute Gasteiger partial charge is 0.493 e. The van der Waals surface area contributed by atoms with Gasteiger partial charge in [-0.05, 0) is 30.3 Å². The zero-order chi connectivity index (χ0) is 32.4. The van der Waals surface area contributed by atoms with Crippen molar-refractivity contribution in [3.05, 3.63) is 64.9 Å². The van der Waals surface area contributed by atoms with Gasteiger partial charge in [0.25, 0.3) is 5.91 Å². The zero-order valence-electron chi connectivity index (χ0n) is 25.6. The minimum atomic E-state index is -1.29. The quantitative estimate of drug-likeness (QED) is 0.261. The van der Waals surface area contributed by atoms with Crippen molar-refractivity contribution in [1.29, 1.82) is 0 Å². The molecular formula is C33H37N3O10. The second kappa shape index (κ2) is 13.5. The number of carbonyl (C=O) groups is 3. The Morgan fingerprint density at radius 1 is 1.13 bits per heavy atom. The monoisotopic (exact) mass is 635 g/mol. The number of methoxy groups -OCH3 is 2. The number of rotatable bonds is 11. The van der Waals surface area contributed by atoms with Crippen molar-refractivity contribution >= 4 is 29.1 Å². The summed E-state index contributed by atoms with van der Waals surface area (Å²) in [7, 11) is 2.96. The van der Waals surface area contributed by atoms with Gasteiger partial charge in [-0.15, -0.1) is 0 Å². The fourth-order valence-electron chi connectivity index (χ4n) is 6.46. The summed E-state index contributed by atoms with van der Waals surface area (Å²) in [4.78, 5) is 43.4. The second-order valence-corrected chi connectivity index (χ2v) is 11.3. The summed E-state index contributed by atoms with van der Waals surface area (Å²) in [5.74, 6) is -0.661. The van der Waals surface area contributed by atoms with Gasteiger partial charge in [0.05, 0.1) is 46.0 Å². The molecule has 3 aromatic rings. The van der Waals surface area contributed by atoms with Crippen LogP contribution in [0.25, 0.3) is 11.0 Å². The Bertz CT molecular complexity index is 1650. The highest BCUT2D eigenvalue weighted by Gasteiger charge is 2.51. The van der Waals surface area contributed by atoms with Crippen molar-refractivity contribution in [2.24, 2.45) is 0 Å². The molecule has 46 heavy (non-hydrogen) atoms. The Hall–Kier alpha value is -4.43. The first kappa shape index (κ1) is 31.5. The van der Waals surface area contributed by atoms with E-state index in [4.69, 9.17) is 23.4 Å². The number of morpholine rings is 1. The molecule has 0 bridgehead atoms. The van der Waals surface area contributed by atoms with Crippen LogP contribution in [0.3, 0.4) is 0 Å². The predicted octanol–water partition coefficient (Wildman–Crippen LogP) is 1.36. The predicted molar refractivity (Wildman–Crippen MR) is 165 cm³/mol. The van der Waals surface area contributed by atoms with Crippen molar-refractivity contribution < 1.29 is 48.0 Å². The van der Waals surface area contributed by atoms with Crippen LogP contribution in [-0.2, 0) is 9.53 Å². The van der Waals surface area contributed by atoms with E-state index in [0.29, 0.717) is 72.7 Å². The van der Waals surface area contributed by atoms with Crippen LogP contribution >= 0.6 is 0 Å². The van der Waals surface area contributed by atoms with Crippen LogP contribution in [0.2, 0.25) is 0 Å². The molecule has 2 aromatic carbocycles. The van der Waals surface area contributed by atoms with Crippen LogP contribution in [0.4, 0.5) is 0 Å². The Labute approximate surface area is 265 Å². The van der Waals surface area contributed by atoms with Crippen molar-refractivity contribution in [2.45, 2.75) is 24.2 Å². The molecule has 1 aromatic heterocycles. The molecule has 244 valence electrons. The van der Waals surface area contributed by atoms with Crippen LogP contribution in [0.1, 0.15) is 32.4 Å². The molecule has 0 unspecified atom stereocenters. The van der Waals surface area contributed by atoms with Gasteiger partial charge in [-0.2, -0.15) is 0 Å². The van der Waals surface area contributed by atoms with E-state index in [1.165, 1.54) is 25.2 Å². The highest BCUT2D eigenvalue weighted by Crippen LogP contribution is 2.51. The first-order valence-corrected chi connectivity index (χ1v) is 15.2. The van der Waals surface area contributed by atoms with Gasteiger partial charge >= 0.3 is 0 Å². The number of benzene rings is 2. The van der Waals surface area contributed by atoms with Gasteiger partial charge in [0.1, 0.15) is 18.5 Å². The molecule has 3 N–H and O–H groups in total. The summed E-state index contributed by atoms with van der Waals surface area (Å²) in [6.45, 7) is 2.89. The number of carbonyl (C=O) groups excluding carboxylic acids is 3. The number of amides is 2. The second-order valence-electron chi connectivity index (χ2n) is 11.3. The minimum Gasteiger partial charge on any atom is -0.493 e. The molecular weight excluding hydrogens is 598 g/mol. The van der Waals surface area contributed by atoms with Gasteiger partial charge in [0, 0.05) is 54.8 Å². The zero-order valence-corrected chi connectivity index (χ0v) is 25.6. The van der Waals surface area contributed by atoms with Gasteiger partial charge in [0.2, 0.25) is 5.91 Å². The Balaban J connectivity index is 1.43. The van der Waals surface area contributed by atoms with Crippen LogP contribution < -0.4 is 19.5 Å². The van der Waals surface area contributed by atoms with E-state index in [2.05, 4.69) is 10.2 Å². The number of fused-ring (bicyclic) bond motifs is 4. The number of para-hydroxylation sites is 1. The van der Waals surface area contributed by atoms with Crippen LogP contribution in [0.5, 0.6) is 17.2 Å². The Morgan fingerprint density at radius 2 is 1.91 bits per heavy atom. The summed E-state index contributed by atoms with van der Waals surface area (Å²) in [5.41, 5.74) is 1.46. The number of hydrogen-bond acceptors (Lipinski definition) is 11. The standard InChI is InChI=1S/C33H37N3O10/c1-42-24-5-3-4-20-16-26(45-29(20)24)33(41)36(8-7-35-9-12-44-13-10-35)23-17-22(32(40)34-6-11-37)27-21-14-19(18-38)15-25(43-2)30(21)46-31(27)28(23)39/h3-5,14-18,23,27-28,31,37,39H,6-13H2,1-2H3,(H,34,40)/t23-,27+,28+,31+/m1/s1. The highest BCUT2D eigenvalue weighted by molar-refractivity contribution is 5.99. The fourth-order valence-corrected chi connectivity index (χ4v) is 6.46. The van der Waals surface area contributed by atoms with Gasteiger partial charge in [-0.25, -0.2) is 0 Å². The third-order valence-corrected chi connectivity index (χ3v) is 8.73. The van der Waals surface area contributed by atoms with E-state index in [1.807, 2.05) is 6.07 Å². The smallest absolute Gasteiger partial charge is 0.290 e. The lowest BCUT2D eigenvalue weighted by atomic mass is 9.77. The van der Waals surface area contributed by atoms with Gasteiger partial charge in [0.15, 0.2) is 28.6 Å². The first-order chi connectivity index (χ1) is 22.4. The first-order valence-electron chi connectivity index (χ1n) is 15.2. The fraction of sp³-hybridized carbons (Fsp3) is 0.424. The summed E-state index contributed by atoms with van der Waals surface area (Å²) in [6, 6.07) is 9.10. The van der Waals surface area contributed by atoms with Crippen LogP contribution in [0, 0.1) is 0 Å². The number of aliphatic hydroxyl groups is 2. The minimum absolute atomic E-state index is 0.00726. The molecule has 4 atom stereocenters. The maximum atomic E-state index is 14.3. The van der Waals surface area contributed by atoms with Crippen molar-refractivity contribution in [2.75, 3.05) is 66.8 Å². The number of furan rings is 1. The van der Waals surface area contributed by atoms with E-state index in [-0.39, 0.29) is 36.8 Å². The van der Waals surface area contributed by atoms with Crippen molar-refractivity contribution in [1.82, 2.24) is 15.1 Å². The number of nitrogens with one attached hydrogen (secondary N) is 1. The highest BCUT2D eigenvalue weighted by atomic mass is 16.5. The SMILES string of the molecule is COc1cc(C=O)cc2c1O[C@@H]1[C@@H](O)[C@H](N(CCN3CCOCC3)C(=O)c3cc4cccc(OC)c4o3)C=C(C(=O)NCCO)[C@H]21. The molecule has 13 heteroatoms. The third kappa shape index (κ3) is 5.82. The summed E-state index contributed by atoms with van der Waals surface area (Å²) < 4.78 is 28.8. The molecule has 0 saturated carbocycles. The van der Waals surface area contributed by atoms with Gasteiger partial charge in [-0.3, -0.25) is 19.3 Å². The summed E-state index contributed by atoms with van der Waals surface area (Å²) in [5, 5.41) is 24.8. The Kier molecular flexibility index (Phi) is 9.27. The number of ether oxygens (including phenoxy) is 4. The van der Waals surface area contributed by atoms with E-state index in [9.17, 15) is 24.6 Å². The van der Waals surface area contributed by atoms with E-state index >= 15 is 0 Å². The number of nitrogens with zero attached hydrogens (tertiary/aromatic N) is 2. The molecule has 1 aliphatic carbocycles. The van der Waals surface area contributed by atoms with Crippen molar-refractivity contribution in [3.63, 3.8) is 0 Å². The lowest BCUT2D eigenvalue weighted by molar-refractivity contribution is -0.118. The van der Waals surface area contributed by atoms with E-state index in [1.54, 1.807) is 30.3 Å². The summed E-state index contributed by atoms with van der Waals surface area (Å²) >= 11 is 0. The van der Waals surface area contributed by atoms with Crippen LogP contribution in [0.15, 0.2) is 52.5 Å². The average Bonchev–Trinajstić information content (AvgIpc) is 3.71. The Morgan fingerprint density at radius 3 is 2.63 bits per heavy atom. The lowest BCUT2D eigenvalue weighted by Crippen LogP contribution is -2.57. The molecule has 3 heterocycles. The molecule has 1 fully saturated rings. The van der Waals surface area contributed by atoms with Gasteiger partial charge in [-0.1, -0.05) is 12.1 Å². The molecule has 6 rings (SSSR count). The molecule has 13 nitrogen and oxygen atoms in total. The maximum absolute atomic E-state index is 14.3. The number of aliphatic hydroxyl groups excluding tert-OH is 2. The lowest BCUT2D eigenvalue weighted by Gasteiger charge is -2.41. The maximum Gasteiger partial charge on any atom is 0.290 e. The van der Waals surface area contributed by atoms with Crippen LogP contribution in [-0.4, -0.2) is 123 Å². The van der Waals surface area contributed by atoms with E-state index < -0.39 is 36.0 Å². The molecule has 0 radical (unpaired) electrons. The average molecular weight is 636 g/mol. The summed E-state index contributed by atoms with van der Waals surface area (Å²) in [6.07, 6.45) is -0.0342. The number of aldehydes is 1. The molecule has 2 aliphatic heterocycles. The van der Waals surface area contributed by atoms with E-state index in [0.717, 1.165) is 0 Å². The molecule has 2 amide bonds. The molecule has 3 aliphatic rings. The van der Waals surface area contributed by atoms with Gasteiger partial charge < -0.3 is 43.8 Å². The molecule has 1 saturated heterocycles.